The van der Waals surface area contributed by atoms with Crippen molar-refractivity contribution in [2.75, 3.05) is 13.1 Å². The third-order valence-corrected chi connectivity index (χ3v) is 5.61. The van der Waals surface area contributed by atoms with E-state index in [1.807, 2.05) is 6.92 Å². The van der Waals surface area contributed by atoms with Crippen molar-refractivity contribution < 1.29 is 8.42 Å². The maximum Gasteiger partial charge on any atom is 0.246 e. The van der Waals surface area contributed by atoms with E-state index < -0.39 is 10.0 Å². The first kappa shape index (κ1) is 17.0. The zero-order valence-corrected chi connectivity index (χ0v) is 14.3. The van der Waals surface area contributed by atoms with Crippen LogP contribution >= 0.6 is 39.1 Å². The Labute approximate surface area is 132 Å². The van der Waals surface area contributed by atoms with E-state index in [9.17, 15) is 8.42 Å². The van der Waals surface area contributed by atoms with Gasteiger partial charge in [0.05, 0.1) is 10.0 Å². The van der Waals surface area contributed by atoms with Crippen LogP contribution in [0.2, 0.25) is 10.0 Å². The van der Waals surface area contributed by atoms with Gasteiger partial charge in [0, 0.05) is 17.6 Å². The largest absolute Gasteiger partial charge is 0.246 e. The highest BCUT2D eigenvalue weighted by atomic mass is 79.9. The average Bonchev–Trinajstić information content (AvgIpc) is 2.26. The monoisotopic (exact) mass is 385 g/mol. The normalized spacial score (nSPS) is 11.8. The van der Waals surface area contributed by atoms with Crippen molar-refractivity contribution in [1.29, 1.82) is 0 Å². The van der Waals surface area contributed by atoms with Gasteiger partial charge < -0.3 is 0 Å². The van der Waals surface area contributed by atoms with Crippen LogP contribution in [0.1, 0.15) is 13.3 Å². The molecule has 19 heavy (non-hydrogen) atoms. The first-order chi connectivity index (χ1) is 8.84. The lowest BCUT2D eigenvalue weighted by molar-refractivity contribution is 0.441. The summed E-state index contributed by atoms with van der Waals surface area (Å²) in [7, 11) is -3.73. The van der Waals surface area contributed by atoms with Crippen molar-refractivity contribution in [2.24, 2.45) is 0 Å². The van der Waals surface area contributed by atoms with Crippen LogP contribution in [0.4, 0.5) is 0 Å². The summed E-state index contributed by atoms with van der Waals surface area (Å²) in [4.78, 5) is -0.0608. The highest BCUT2D eigenvalue weighted by Gasteiger charge is 2.28. The summed E-state index contributed by atoms with van der Waals surface area (Å²) >= 11 is 15.3. The quantitative estimate of drug-likeness (QED) is 0.681. The molecule has 0 aromatic heterocycles. The third-order valence-electron chi connectivity index (χ3n) is 2.37. The molecule has 1 aromatic rings. The molecule has 0 aliphatic rings. The number of sulfonamides is 1. The van der Waals surface area contributed by atoms with Crippen molar-refractivity contribution in [2.45, 2.75) is 18.2 Å². The van der Waals surface area contributed by atoms with Gasteiger partial charge in [0.15, 0.2) is 0 Å². The fourth-order valence-corrected chi connectivity index (χ4v) is 4.99. The number of rotatable bonds is 6. The van der Waals surface area contributed by atoms with Gasteiger partial charge in [0.25, 0.3) is 0 Å². The molecule has 0 aliphatic carbocycles. The minimum Gasteiger partial charge on any atom is -0.207 e. The zero-order chi connectivity index (χ0) is 14.6. The minimum atomic E-state index is -3.73. The SMILES string of the molecule is C=CCN(CCC)S(=O)(=O)c1c(Cl)cc(Br)cc1Cl. The molecule has 1 aromatic carbocycles. The molecule has 1 rings (SSSR count). The van der Waals surface area contributed by atoms with Gasteiger partial charge in [-0.3, -0.25) is 0 Å². The standard InChI is InChI=1S/C12H14BrCl2NO2S/c1-3-5-16(6-4-2)19(17,18)12-10(14)7-9(13)8-11(12)15/h3,7-8H,1,4-6H2,2H3. The molecule has 0 aliphatic heterocycles. The molecule has 0 N–H and O–H groups in total. The molecule has 0 saturated carbocycles. The fraction of sp³-hybridized carbons (Fsp3) is 0.333. The average molecular weight is 387 g/mol. The first-order valence-corrected chi connectivity index (χ1v) is 8.59. The Morgan fingerprint density at radius 3 is 2.32 bits per heavy atom. The van der Waals surface area contributed by atoms with E-state index in [2.05, 4.69) is 22.5 Å². The van der Waals surface area contributed by atoms with E-state index in [-0.39, 0.29) is 21.5 Å². The van der Waals surface area contributed by atoms with Gasteiger partial charge >= 0.3 is 0 Å². The molecular weight excluding hydrogens is 373 g/mol. The first-order valence-electron chi connectivity index (χ1n) is 5.60. The van der Waals surface area contributed by atoms with E-state index in [1.165, 1.54) is 22.5 Å². The number of nitrogens with zero attached hydrogens (tertiary/aromatic N) is 1. The summed E-state index contributed by atoms with van der Waals surface area (Å²) in [6.45, 7) is 6.08. The van der Waals surface area contributed by atoms with Gasteiger partial charge in [-0.1, -0.05) is 52.1 Å². The number of halogens is 3. The summed E-state index contributed by atoms with van der Waals surface area (Å²) in [5, 5.41) is 0.203. The molecule has 0 saturated heterocycles. The predicted molar refractivity (Wildman–Crippen MR) is 83.4 cm³/mol. The van der Waals surface area contributed by atoms with Crippen LogP contribution in [0.25, 0.3) is 0 Å². The Bertz CT molecular complexity index is 552. The zero-order valence-electron chi connectivity index (χ0n) is 10.4. The number of benzene rings is 1. The Kier molecular flexibility index (Phi) is 6.33. The molecule has 0 radical (unpaired) electrons. The van der Waals surface area contributed by atoms with Crippen molar-refractivity contribution >= 4 is 49.2 Å². The van der Waals surface area contributed by atoms with Crippen LogP contribution in [0.3, 0.4) is 0 Å². The predicted octanol–water partition coefficient (Wildman–Crippen LogP) is 4.34. The Hall–Kier alpha value is -0.0700. The van der Waals surface area contributed by atoms with E-state index >= 15 is 0 Å². The maximum atomic E-state index is 12.6. The summed E-state index contributed by atoms with van der Waals surface area (Å²) in [6, 6.07) is 3.02. The Morgan fingerprint density at radius 2 is 1.89 bits per heavy atom. The van der Waals surface area contributed by atoms with Crippen LogP contribution in [-0.4, -0.2) is 25.8 Å². The number of hydrogen-bond acceptors (Lipinski definition) is 2. The summed E-state index contributed by atoms with van der Waals surface area (Å²) in [5.74, 6) is 0. The van der Waals surface area contributed by atoms with E-state index in [0.717, 1.165) is 0 Å². The molecular formula is C12H14BrCl2NO2S. The molecule has 0 spiro atoms. The van der Waals surface area contributed by atoms with Gasteiger partial charge in [-0.2, -0.15) is 4.31 Å². The van der Waals surface area contributed by atoms with Gasteiger partial charge in [0.2, 0.25) is 10.0 Å². The molecule has 3 nitrogen and oxygen atoms in total. The molecule has 0 bridgehead atoms. The fourth-order valence-electron chi connectivity index (χ4n) is 1.61. The van der Waals surface area contributed by atoms with Crippen LogP contribution in [0.5, 0.6) is 0 Å². The van der Waals surface area contributed by atoms with Crippen LogP contribution < -0.4 is 0 Å². The topological polar surface area (TPSA) is 37.4 Å². The van der Waals surface area contributed by atoms with Gasteiger partial charge in [0.1, 0.15) is 4.90 Å². The van der Waals surface area contributed by atoms with E-state index in [0.29, 0.717) is 17.4 Å². The molecule has 0 unspecified atom stereocenters. The Morgan fingerprint density at radius 1 is 1.37 bits per heavy atom. The molecule has 0 amide bonds. The highest BCUT2D eigenvalue weighted by molar-refractivity contribution is 9.10. The highest BCUT2D eigenvalue weighted by Crippen LogP contribution is 2.34. The molecule has 0 fully saturated rings. The van der Waals surface area contributed by atoms with E-state index in [4.69, 9.17) is 23.2 Å². The second-order valence-electron chi connectivity index (χ2n) is 3.85. The summed E-state index contributed by atoms with van der Waals surface area (Å²) in [6.07, 6.45) is 2.23. The third kappa shape index (κ3) is 3.95. The molecule has 0 heterocycles. The van der Waals surface area contributed by atoms with Crippen LogP contribution in [0.15, 0.2) is 34.2 Å². The van der Waals surface area contributed by atoms with Crippen molar-refractivity contribution in [3.8, 4) is 0 Å². The summed E-state index contributed by atoms with van der Waals surface area (Å²) in [5.41, 5.74) is 0. The van der Waals surface area contributed by atoms with Gasteiger partial charge in [-0.25, -0.2) is 8.42 Å². The smallest absolute Gasteiger partial charge is 0.207 e. The lowest BCUT2D eigenvalue weighted by atomic mass is 10.4. The molecule has 106 valence electrons. The lowest BCUT2D eigenvalue weighted by Crippen LogP contribution is -2.32. The Balaban J connectivity index is 3.37. The van der Waals surface area contributed by atoms with E-state index in [1.54, 1.807) is 0 Å². The van der Waals surface area contributed by atoms with Crippen molar-refractivity contribution in [3.63, 3.8) is 0 Å². The second kappa shape index (κ2) is 7.09. The summed E-state index contributed by atoms with van der Waals surface area (Å²) < 4.78 is 27.1. The minimum absolute atomic E-state index is 0.0608. The second-order valence-corrected chi connectivity index (χ2v) is 7.46. The van der Waals surface area contributed by atoms with Gasteiger partial charge in [-0.15, -0.1) is 6.58 Å². The van der Waals surface area contributed by atoms with Crippen molar-refractivity contribution in [1.82, 2.24) is 4.31 Å². The molecule has 0 atom stereocenters. The van der Waals surface area contributed by atoms with Gasteiger partial charge in [-0.05, 0) is 18.6 Å². The lowest BCUT2D eigenvalue weighted by Gasteiger charge is -2.21. The maximum absolute atomic E-state index is 12.6. The van der Waals surface area contributed by atoms with Crippen LogP contribution in [-0.2, 0) is 10.0 Å². The van der Waals surface area contributed by atoms with Crippen molar-refractivity contribution in [3.05, 3.63) is 39.3 Å². The van der Waals surface area contributed by atoms with Crippen LogP contribution in [0, 0.1) is 0 Å². The number of hydrogen-bond donors (Lipinski definition) is 0. The molecule has 7 heteroatoms.